The van der Waals surface area contributed by atoms with E-state index in [-0.39, 0.29) is 17.5 Å². The van der Waals surface area contributed by atoms with Crippen molar-refractivity contribution in [2.75, 3.05) is 6.54 Å². The van der Waals surface area contributed by atoms with Crippen molar-refractivity contribution in [2.24, 2.45) is 0 Å². The summed E-state index contributed by atoms with van der Waals surface area (Å²) < 4.78 is 18.8. The van der Waals surface area contributed by atoms with Gasteiger partial charge in [-0.2, -0.15) is 0 Å². The third-order valence-electron chi connectivity index (χ3n) is 3.53. The minimum Gasteiger partial charge on any atom is -0.451 e. The first-order valence-corrected chi connectivity index (χ1v) is 7.01. The molecule has 0 aliphatic rings. The van der Waals surface area contributed by atoms with Crippen LogP contribution in [0, 0.1) is 12.7 Å². The van der Waals surface area contributed by atoms with Crippen molar-refractivity contribution in [3.8, 4) is 0 Å². The molecule has 112 valence electrons. The molecule has 0 atom stereocenters. The average molecular weight is 298 g/mol. The van der Waals surface area contributed by atoms with Crippen molar-refractivity contribution in [1.82, 2.24) is 10.3 Å². The molecule has 0 saturated heterocycles. The molecule has 0 aliphatic carbocycles. The van der Waals surface area contributed by atoms with Crippen molar-refractivity contribution >= 4 is 16.9 Å². The fraction of sp³-hybridized carbons (Fsp3) is 0.176. The zero-order valence-corrected chi connectivity index (χ0v) is 12.1. The molecular formula is C17H15FN2O2. The van der Waals surface area contributed by atoms with E-state index in [1.54, 1.807) is 19.3 Å². The number of carbonyl (C=O) groups excluding carboxylic acids is 1. The molecule has 1 N–H and O–H groups in total. The average Bonchev–Trinajstić information content (AvgIpc) is 2.85. The number of nitrogens with zero attached hydrogens (tertiary/aromatic N) is 1. The van der Waals surface area contributed by atoms with Crippen molar-refractivity contribution in [1.29, 1.82) is 0 Å². The second kappa shape index (κ2) is 5.97. The molecule has 3 aromatic rings. The van der Waals surface area contributed by atoms with Gasteiger partial charge in [0.1, 0.15) is 11.4 Å². The second-order valence-corrected chi connectivity index (χ2v) is 5.06. The van der Waals surface area contributed by atoms with Gasteiger partial charge >= 0.3 is 0 Å². The summed E-state index contributed by atoms with van der Waals surface area (Å²) in [7, 11) is 0. The number of carbonyl (C=O) groups is 1. The normalized spacial score (nSPS) is 10.8. The van der Waals surface area contributed by atoms with E-state index in [0.717, 1.165) is 5.56 Å². The Bertz CT molecular complexity index is 812. The molecular weight excluding hydrogens is 283 g/mol. The topological polar surface area (TPSA) is 55.1 Å². The number of halogens is 1. The zero-order chi connectivity index (χ0) is 15.5. The lowest BCUT2D eigenvalue weighted by Gasteiger charge is -2.03. The van der Waals surface area contributed by atoms with Gasteiger partial charge in [-0.05, 0) is 43.2 Å². The van der Waals surface area contributed by atoms with Crippen molar-refractivity contribution in [3.63, 3.8) is 0 Å². The van der Waals surface area contributed by atoms with Crippen LogP contribution in [0.4, 0.5) is 4.39 Å². The number of hydrogen-bond acceptors (Lipinski definition) is 3. The Morgan fingerprint density at radius 3 is 3.00 bits per heavy atom. The van der Waals surface area contributed by atoms with Crippen LogP contribution in [-0.2, 0) is 6.42 Å². The van der Waals surface area contributed by atoms with Crippen LogP contribution < -0.4 is 5.32 Å². The zero-order valence-electron chi connectivity index (χ0n) is 12.1. The van der Waals surface area contributed by atoms with E-state index in [0.29, 0.717) is 29.5 Å². The number of fused-ring (bicyclic) bond motifs is 1. The molecule has 0 radical (unpaired) electrons. The number of furan rings is 1. The Kier molecular flexibility index (Phi) is 3.87. The van der Waals surface area contributed by atoms with Crippen LogP contribution >= 0.6 is 0 Å². The van der Waals surface area contributed by atoms with E-state index in [1.807, 2.05) is 12.1 Å². The van der Waals surface area contributed by atoms with E-state index in [9.17, 15) is 9.18 Å². The number of hydrogen-bond donors (Lipinski definition) is 1. The molecule has 2 heterocycles. The van der Waals surface area contributed by atoms with Crippen molar-refractivity contribution in [2.45, 2.75) is 13.3 Å². The van der Waals surface area contributed by atoms with E-state index < -0.39 is 0 Å². The van der Waals surface area contributed by atoms with Gasteiger partial charge in [0.25, 0.3) is 5.91 Å². The van der Waals surface area contributed by atoms with Crippen LogP contribution in [-0.4, -0.2) is 17.4 Å². The van der Waals surface area contributed by atoms with Crippen LogP contribution in [0.5, 0.6) is 0 Å². The Morgan fingerprint density at radius 1 is 1.36 bits per heavy atom. The molecule has 5 heteroatoms. The second-order valence-electron chi connectivity index (χ2n) is 5.06. The Hall–Kier alpha value is -2.69. The molecule has 3 rings (SSSR count). The number of benzene rings is 1. The SMILES string of the molecule is Cc1c(C(=O)NCCc2cccnc2)oc2ccc(F)cc12. The summed E-state index contributed by atoms with van der Waals surface area (Å²) in [6, 6.07) is 8.03. The third kappa shape index (κ3) is 2.83. The molecule has 1 aromatic carbocycles. The van der Waals surface area contributed by atoms with E-state index >= 15 is 0 Å². The van der Waals surface area contributed by atoms with Crippen molar-refractivity contribution in [3.05, 3.63) is 65.4 Å². The maximum atomic E-state index is 13.3. The minimum atomic E-state index is -0.347. The molecule has 0 spiro atoms. The van der Waals surface area contributed by atoms with Gasteiger partial charge in [-0.25, -0.2) is 4.39 Å². The maximum Gasteiger partial charge on any atom is 0.287 e. The number of pyridine rings is 1. The van der Waals surface area contributed by atoms with E-state index in [2.05, 4.69) is 10.3 Å². The fourth-order valence-corrected chi connectivity index (χ4v) is 2.36. The van der Waals surface area contributed by atoms with Gasteiger partial charge in [0.15, 0.2) is 5.76 Å². The highest BCUT2D eigenvalue weighted by atomic mass is 19.1. The Balaban J connectivity index is 1.71. The standard InChI is InChI=1S/C17H15FN2O2/c1-11-14-9-13(18)4-5-15(14)22-16(11)17(21)20-8-6-12-3-2-7-19-10-12/h2-5,7,9-10H,6,8H2,1H3,(H,20,21). The van der Waals surface area contributed by atoms with Crippen LogP contribution in [0.3, 0.4) is 0 Å². The lowest BCUT2D eigenvalue weighted by Crippen LogP contribution is -2.25. The summed E-state index contributed by atoms with van der Waals surface area (Å²) in [4.78, 5) is 16.2. The van der Waals surface area contributed by atoms with Crippen molar-refractivity contribution < 1.29 is 13.6 Å². The molecule has 0 bridgehead atoms. The first-order chi connectivity index (χ1) is 10.6. The van der Waals surface area contributed by atoms with Gasteiger partial charge in [-0.15, -0.1) is 0 Å². The van der Waals surface area contributed by atoms with Crippen LogP contribution in [0.1, 0.15) is 21.7 Å². The Labute approximate surface area is 127 Å². The number of nitrogens with one attached hydrogen (secondary N) is 1. The lowest BCUT2D eigenvalue weighted by molar-refractivity contribution is 0.0928. The molecule has 2 aromatic heterocycles. The van der Waals surface area contributed by atoms with E-state index in [1.165, 1.54) is 18.2 Å². The van der Waals surface area contributed by atoms with Gasteiger partial charge in [0, 0.05) is 29.9 Å². The molecule has 0 saturated carbocycles. The summed E-state index contributed by atoms with van der Waals surface area (Å²) in [5, 5.41) is 3.43. The van der Waals surface area contributed by atoms with Crippen LogP contribution in [0.15, 0.2) is 47.1 Å². The smallest absolute Gasteiger partial charge is 0.287 e. The van der Waals surface area contributed by atoms with Gasteiger partial charge in [0.05, 0.1) is 0 Å². The summed E-state index contributed by atoms with van der Waals surface area (Å²) >= 11 is 0. The molecule has 1 amide bonds. The van der Waals surface area contributed by atoms with Gasteiger partial charge in [-0.1, -0.05) is 6.07 Å². The molecule has 0 unspecified atom stereocenters. The highest BCUT2D eigenvalue weighted by Crippen LogP contribution is 2.25. The first-order valence-electron chi connectivity index (χ1n) is 7.01. The molecule has 4 nitrogen and oxygen atoms in total. The largest absolute Gasteiger partial charge is 0.451 e. The number of amides is 1. The first kappa shape index (κ1) is 14.3. The summed E-state index contributed by atoms with van der Waals surface area (Å²) in [5.74, 6) is -0.412. The Morgan fingerprint density at radius 2 is 2.23 bits per heavy atom. The molecule has 0 fully saturated rings. The molecule has 22 heavy (non-hydrogen) atoms. The summed E-state index contributed by atoms with van der Waals surface area (Å²) in [5.41, 5.74) is 2.20. The number of rotatable bonds is 4. The highest BCUT2D eigenvalue weighted by Gasteiger charge is 2.17. The predicted octanol–water partition coefficient (Wildman–Crippen LogP) is 3.25. The maximum absolute atomic E-state index is 13.3. The highest BCUT2D eigenvalue weighted by molar-refractivity contribution is 5.98. The van der Waals surface area contributed by atoms with Crippen LogP contribution in [0.25, 0.3) is 11.0 Å². The molecule has 0 aliphatic heterocycles. The third-order valence-corrected chi connectivity index (χ3v) is 3.53. The van der Waals surface area contributed by atoms with E-state index in [4.69, 9.17) is 4.42 Å². The van der Waals surface area contributed by atoms with Gasteiger partial charge in [0.2, 0.25) is 0 Å². The monoisotopic (exact) mass is 298 g/mol. The van der Waals surface area contributed by atoms with Gasteiger partial charge < -0.3 is 9.73 Å². The summed E-state index contributed by atoms with van der Waals surface area (Å²) in [6.07, 6.45) is 4.16. The van der Waals surface area contributed by atoms with Crippen LogP contribution in [0.2, 0.25) is 0 Å². The fourth-order valence-electron chi connectivity index (χ4n) is 2.36. The quantitative estimate of drug-likeness (QED) is 0.804. The minimum absolute atomic E-state index is 0.229. The number of aromatic nitrogens is 1. The number of aryl methyl sites for hydroxylation is 1. The van der Waals surface area contributed by atoms with Gasteiger partial charge in [-0.3, -0.25) is 9.78 Å². The lowest BCUT2D eigenvalue weighted by atomic mass is 10.1. The predicted molar refractivity (Wildman–Crippen MR) is 81.2 cm³/mol. The summed E-state index contributed by atoms with van der Waals surface area (Å²) in [6.45, 7) is 2.23.